The highest BCUT2D eigenvalue weighted by Crippen LogP contribution is 2.26. The van der Waals surface area contributed by atoms with Gasteiger partial charge in [-0.25, -0.2) is 4.79 Å². The van der Waals surface area contributed by atoms with Crippen molar-refractivity contribution in [1.29, 1.82) is 0 Å². The van der Waals surface area contributed by atoms with Gasteiger partial charge in [0.2, 0.25) is 0 Å². The first-order valence-corrected chi connectivity index (χ1v) is 8.78. The minimum atomic E-state index is -1.28. The highest BCUT2D eigenvalue weighted by atomic mass is 16.5. The number of benzene rings is 1. The van der Waals surface area contributed by atoms with Crippen LogP contribution in [0.1, 0.15) is 36.2 Å². The zero-order chi connectivity index (χ0) is 19.4. The summed E-state index contributed by atoms with van der Waals surface area (Å²) < 4.78 is 5.53. The first-order chi connectivity index (χ1) is 12.9. The van der Waals surface area contributed by atoms with Gasteiger partial charge in [-0.1, -0.05) is 18.2 Å². The third kappa shape index (κ3) is 4.34. The van der Waals surface area contributed by atoms with Crippen LogP contribution in [-0.2, 0) is 4.79 Å². The lowest BCUT2D eigenvalue weighted by Gasteiger charge is -2.27. The van der Waals surface area contributed by atoms with Gasteiger partial charge in [0.15, 0.2) is 5.60 Å². The molecule has 0 saturated heterocycles. The quantitative estimate of drug-likeness (QED) is 0.879. The summed E-state index contributed by atoms with van der Waals surface area (Å²) in [7, 11) is 0. The Morgan fingerprint density at radius 3 is 2.48 bits per heavy atom. The third-order valence-corrected chi connectivity index (χ3v) is 4.52. The monoisotopic (exact) mass is 366 g/mol. The second-order valence-electron chi connectivity index (χ2n) is 6.91. The minimum absolute atomic E-state index is 0.0157. The Bertz CT molecular complexity index is 858. The van der Waals surface area contributed by atoms with Crippen LogP contribution in [0.2, 0.25) is 0 Å². The number of carboxylic acids is 1. The highest BCUT2D eigenvalue weighted by molar-refractivity contribution is 5.94. The number of carbonyl (C=O) groups excluding carboxylic acids is 1. The number of aromatic nitrogens is 1. The molecule has 0 spiro atoms. The van der Waals surface area contributed by atoms with Crippen LogP contribution >= 0.6 is 0 Å². The van der Waals surface area contributed by atoms with Crippen LogP contribution in [0.5, 0.6) is 5.75 Å². The van der Waals surface area contributed by atoms with Gasteiger partial charge in [0.05, 0.1) is 5.56 Å². The van der Waals surface area contributed by atoms with Crippen LogP contribution in [0.25, 0.3) is 5.57 Å². The molecule has 2 heterocycles. The van der Waals surface area contributed by atoms with Gasteiger partial charge in [-0.2, -0.15) is 0 Å². The van der Waals surface area contributed by atoms with Crippen LogP contribution in [0.3, 0.4) is 0 Å². The topological polar surface area (TPSA) is 79.7 Å². The van der Waals surface area contributed by atoms with Crippen LogP contribution < -0.4 is 4.74 Å². The Morgan fingerprint density at radius 1 is 1.19 bits per heavy atom. The number of pyridine rings is 1. The summed E-state index contributed by atoms with van der Waals surface area (Å²) in [5, 5.41) is 9.14. The summed E-state index contributed by atoms with van der Waals surface area (Å²) >= 11 is 0. The van der Waals surface area contributed by atoms with Gasteiger partial charge >= 0.3 is 5.97 Å². The summed E-state index contributed by atoms with van der Waals surface area (Å²) in [6.07, 6.45) is 6.04. The molecule has 0 fully saturated rings. The van der Waals surface area contributed by atoms with Crippen molar-refractivity contribution in [3.63, 3.8) is 0 Å². The molecule has 6 heteroatoms. The normalized spacial score (nSPS) is 14.4. The first kappa shape index (κ1) is 18.6. The SMILES string of the molecule is CC(C)(Oc1ccc(C2=CCN(C(=O)c3cccnc3)CC2)cc1)C(=O)O. The maximum absolute atomic E-state index is 12.5. The second-order valence-corrected chi connectivity index (χ2v) is 6.91. The molecule has 3 rings (SSSR count). The number of carboxylic acid groups (broad SMARTS) is 1. The standard InChI is InChI=1S/C21H22N2O4/c1-21(2,20(25)26)27-18-7-5-15(6-8-18)16-9-12-23(13-10-16)19(24)17-4-3-11-22-14-17/h3-9,11,14H,10,12-13H2,1-2H3,(H,25,26). The number of aliphatic carboxylic acids is 1. The van der Waals surface area contributed by atoms with Crippen molar-refractivity contribution in [1.82, 2.24) is 9.88 Å². The Morgan fingerprint density at radius 2 is 1.93 bits per heavy atom. The molecule has 0 aliphatic carbocycles. The molecule has 0 radical (unpaired) electrons. The fraction of sp³-hybridized carbons (Fsp3) is 0.286. The van der Waals surface area contributed by atoms with Crippen LogP contribution in [-0.4, -0.2) is 45.6 Å². The lowest BCUT2D eigenvalue weighted by Crippen LogP contribution is -2.37. The number of amides is 1. The summed E-state index contributed by atoms with van der Waals surface area (Å²) in [5.41, 5.74) is 1.52. The van der Waals surface area contributed by atoms with Crippen LogP contribution in [0.15, 0.2) is 54.9 Å². The molecule has 1 N–H and O–H groups in total. The van der Waals surface area contributed by atoms with E-state index in [1.54, 1.807) is 41.6 Å². The van der Waals surface area contributed by atoms with E-state index in [4.69, 9.17) is 9.84 Å². The Kier molecular flexibility index (Phi) is 5.26. The fourth-order valence-electron chi connectivity index (χ4n) is 2.86. The first-order valence-electron chi connectivity index (χ1n) is 8.78. The molecule has 1 amide bonds. The van der Waals surface area contributed by atoms with Gasteiger partial charge in [-0.15, -0.1) is 0 Å². The molecule has 6 nitrogen and oxygen atoms in total. The van der Waals surface area contributed by atoms with E-state index >= 15 is 0 Å². The van der Waals surface area contributed by atoms with E-state index in [1.807, 2.05) is 12.1 Å². The number of hydrogen-bond acceptors (Lipinski definition) is 4. The highest BCUT2D eigenvalue weighted by Gasteiger charge is 2.29. The summed E-state index contributed by atoms with van der Waals surface area (Å²) in [4.78, 5) is 29.4. The summed E-state index contributed by atoms with van der Waals surface area (Å²) in [5.74, 6) is -0.520. The summed E-state index contributed by atoms with van der Waals surface area (Å²) in [6, 6.07) is 10.9. The van der Waals surface area contributed by atoms with E-state index < -0.39 is 11.6 Å². The van der Waals surface area contributed by atoms with Crippen LogP contribution in [0, 0.1) is 0 Å². The number of hydrogen-bond donors (Lipinski definition) is 1. The maximum Gasteiger partial charge on any atom is 0.347 e. The molecule has 0 atom stereocenters. The van der Waals surface area contributed by atoms with Crippen molar-refractivity contribution in [2.24, 2.45) is 0 Å². The zero-order valence-electron chi connectivity index (χ0n) is 15.4. The Hall–Kier alpha value is -3.15. The predicted octanol–water partition coefficient (Wildman–Crippen LogP) is 3.25. The van der Waals surface area contributed by atoms with Gasteiger partial charge in [-0.3, -0.25) is 9.78 Å². The van der Waals surface area contributed by atoms with Gasteiger partial charge in [0, 0.05) is 25.5 Å². The zero-order valence-corrected chi connectivity index (χ0v) is 15.4. The van der Waals surface area contributed by atoms with Crippen molar-refractivity contribution in [3.8, 4) is 5.75 Å². The molecular formula is C21H22N2O4. The second kappa shape index (κ2) is 7.61. The van der Waals surface area contributed by atoms with Crippen molar-refractivity contribution in [2.45, 2.75) is 25.9 Å². The average molecular weight is 366 g/mol. The fourth-order valence-corrected chi connectivity index (χ4v) is 2.86. The summed E-state index contributed by atoms with van der Waals surface area (Å²) in [6.45, 7) is 4.22. The minimum Gasteiger partial charge on any atom is -0.478 e. The molecule has 0 unspecified atom stereocenters. The smallest absolute Gasteiger partial charge is 0.347 e. The van der Waals surface area contributed by atoms with E-state index in [9.17, 15) is 9.59 Å². The molecule has 1 aromatic carbocycles. The molecule has 2 aromatic rings. The van der Waals surface area contributed by atoms with E-state index in [-0.39, 0.29) is 5.91 Å². The molecule has 1 aromatic heterocycles. The van der Waals surface area contributed by atoms with Gasteiger partial charge in [-0.05, 0) is 55.7 Å². The predicted molar refractivity (Wildman–Crippen MR) is 102 cm³/mol. The van der Waals surface area contributed by atoms with E-state index in [1.165, 1.54) is 13.8 Å². The number of ether oxygens (including phenoxy) is 1. The maximum atomic E-state index is 12.5. The molecule has 27 heavy (non-hydrogen) atoms. The van der Waals surface area contributed by atoms with E-state index in [0.717, 1.165) is 17.6 Å². The Labute approximate surface area is 158 Å². The number of rotatable bonds is 5. The van der Waals surface area contributed by atoms with Crippen LogP contribution in [0.4, 0.5) is 0 Å². The number of carbonyl (C=O) groups is 2. The molecule has 0 bridgehead atoms. The van der Waals surface area contributed by atoms with E-state index in [2.05, 4.69) is 11.1 Å². The average Bonchev–Trinajstić information content (AvgIpc) is 2.68. The largest absolute Gasteiger partial charge is 0.478 e. The molecule has 1 aliphatic rings. The van der Waals surface area contributed by atoms with Gasteiger partial charge in [0.1, 0.15) is 5.75 Å². The third-order valence-electron chi connectivity index (χ3n) is 4.52. The van der Waals surface area contributed by atoms with E-state index in [0.29, 0.717) is 24.4 Å². The van der Waals surface area contributed by atoms with Crippen molar-refractivity contribution in [3.05, 3.63) is 66.0 Å². The van der Waals surface area contributed by atoms with Gasteiger partial charge in [0.25, 0.3) is 5.91 Å². The van der Waals surface area contributed by atoms with Crippen molar-refractivity contribution in [2.75, 3.05) is 13.1 Å². The van der Waals surface area contributed by atoms with Gasteiger partial charge < -0.3 is 14.7 Å². The molecule has 140 valence electrons. The molecular weight excluding hydrogens is 344 g/mol. The number of nitrogens with zero attached hydrogens (tertiary/aromatic N) is 2. The Balaban J connectivity index is 1.65. The van der Waals surface area contributed by atoms with Crippen molar-refractivity contribution >= 4 is 17.4 Å². The lowest BCUT2D eigenvalue weighted by molar-refractivity contribution is -0.152. The molecule has 0 saturated carbocycles. The van der Waals surface area contributed by atoms with Crippen molar-refractivity contribution < 1.29 is 19.4 Å². The molecule has 1 aliphatic heterocycles. The lowest BCUT2D eigenvalue weighted by atomic mass is 9.99.